The van der Waals surface area contributed by atoms with Crippen molar-refractivity contribution in [2.45, 2.75) is 64.1 Å². The van der Waals surface area contributed by atoms with E-state index in [0.29, 0.717) is 37.3 Å². The number of hydrogen-bond acceptors (Lipinski definition) is 7. The molecule has 1 N–H and O–H groups in total. The van der Waals surface area contributed by atoms with Gasteiger partial charge < -0.3 is 19.1 Å². The molecule has 10 nitrogen and oxygen atoms in total. The third-order valence-electron chi connectivity index (χ3n) is 6.96. The van der Waals surface area contributed by atoms with Gasteiger partial charge in [-0.2, -0.15) is 0 Å². The van der Waals surface area contributed by atoms with Crippen LogP contribution in [0.25, 0.3) is 0 Å². The number of fused-ring (bicyclic) bond motifs is 1. The normalized spacial score (nSPS) is 22.3. The number of aryl methyl sites for hydroxylation is 1. The van der Waals surface area contributed by atoms with Crippen LogP contribution in [0.15, 0.2) is 28.8 Å². The maximum Gasteiger partial charge on any atom is 0.292 e. The molecule has 1 aromatic heterocycles. The molecule has 5 rings (SSSR count). The zero-order valence-electron chi connectivity index (χ0n) is 19.6. The molecular weight excluding hydrogens is 452 g/mol. The first-order valence-corrected chi connectivity index (χ1v) is 12.1. The van der Waals surface area contributed by atoms with E-state index in [2.05, 4.69) is 10.5 Å². The van der Waals surface area contributed by atoms with Gasteiger partial charge in [-0.05, 0) is 55.9 Å². The highest BCUT2D eigenvalue weighted by atomic mass is 16.5. The molecule has 3 aliphatic heterocycles. The lowest BCUT2D eigenvalue weighted by atomic mass is 10.0. The highest BCUT2D eigenvalue weighted by molar-refractivity contribution is 6.05. The number of nitrogens with one attached hydrogen (secondary N) is 1. The average molecular weight is 481 g/mol. The van der Waals surface area contributed by atoms with Crippen molar-refractivity contribution in [2.75, 3.05) is 13.2 Å². The van der Waals surface area contributed by atoms with Gasteiger partial charge in [-0.1, -0.05) is 12.1 Å². The molecule has 1 aromatic carbocycles. The topological polar surface area (TPSA) is 122 Å². The first-order chi connectivity index (χ1) is 16.9. The highest BCUT2D eigenvalue weighted by Gasteiger charge is 2.39. The van der Waals surface area contributed by atoms with Crippen LogP contribution < -0.4 is 10.1 Å². The number of likely N-dealkylation sites (tertiary alicyclic amines) is 1. The summed E-state index contributed by atoms with van der Waals surface area (Å²) in [5, 5.41) is 6.24. The fraction of sp³-hybridized carbons (Fsp3) is 0.480. The van der Waals surface area contributed by atoms with Gasteiger partial charge in [0.15, 0.2) is 0 Å². The summed E-state index contributed by atoms with van der Waals surface area (Å²) in [5.74, 6) is -0.284. The second-order valence-electron chi connectivity index (χ2n) is 9.21. The predicted octanol–water partition coefficient (Wildman–Crippen LogP) is 2.07. The molecule has 4 heterocycles. The van der Waals surface area contributed by atoms with E-state index in [0.717, 1.165) is 30.5 Å². The van der Waals surface area contributed by atoms with Gasteiger partial charge in [0.2, 0.25) is 17.6 Å². The van der Waals surface area contributed by atoms with Crippen molar-refractivity contribution in [2.24, 2.45) is 0 Å². The fourth-order valence-electron chi connectivity index (χ4n) is 4.99. The number of hydrogen-bond donors (Lipinski definition) is 1. The van der Waals surface area contributed by atoms with Crippen LogP contribution in [-0.4, -0.2) is 63.8 Å². The number of carbonyl (C=O) groups is 4. The van der Waals surface area contributed by atoms with Crippen LogP contribution in [0.1, 0.15) is 71.2 Å². The summed E-state index contributed by atoms with van der Waals surface area (Å²) in [4.78, 5) is 52.9. The molecule has 3 aliphatic rings. The Morgan fingerprint density at radius 1 is 1.20 bits per heavy atom. The van der Waals surface area contributed by atoms with Crippen molar-refractivity contribution in [3.63, 3.8) is 0 Å². The van der Waals surface area contributed by atoms with Crippen molar-refractivity contribution in [3.8, 4) is 5.75 Å². The third-order valence-corrected chi connectivity index (χ3v) is 6.96. The van der Waals surface area contributed by atoms with Crippen LogP contribution in [-0.2, 0) is 22.6 Å². The molecule has 2 saturated heterocycles. The summed E-state index contributed by atoms with van der Waals surface area (Å²) >= 11 is 0. The average Bonchev–Trinajstić information content (AvgIpc) is 3.47. The van der Waals surface area contributed by atoms with Gasteiger partial charge in [0.05, 0.1) is 11.7 Å². The lowest BCUT2D eigenvalue weighted by Gasteiger charge is -2.34. The van der Waals surface area contributed by atoms with Crippen LogP contribution >= 0.6 is 0 Å². The summed E-state index contributed by atoms with van der Waals surface area (Å²) in [7, 11) is 0. The Morgan fingerprint density at radius 3 is 2.83 bits per heavy atom. The minimum Gasteiger partial charge on any atom is -0.491 e. The number of amides is 4. The molecule has 2 fully saturated rings. The lowest BCUT2D eigenvalue weighted by molar-refractivity contribution is -0.136. The summed E-state index contributed by atoms with van der Waals surface area (Å²) < 4.78 is 11.3. The molecule has 2 atom stereocenters. The van der Waals surface area contributed by atoms with Crippen molar-refractivity contribution in [1.29, 1.82) is 0 Å². The minimum atomic E-state index is -0.650. The quantitative estimate of drug-likeness (QED) is 0.628. The molecule has 0 spiro atoms. The van der Waals surface area contributed by atoms with Crippen molar-refractivity contribution in [3.05, 3.63) is 46.8 Å². The molecule has 10 heteroatoms. The Morgan fingerprint density at radius 2 is 2.06 bits per heavy atom. The molecule has 0 saturated carbocycles. The van der Waals surface area contributed by atoms with Crippen molar-refractivity contribution >= 4 is 23.6 Å². The minimum absolute atomic E-state index is 0.0960. The van der Waals surface area contributed by atoms with E-state index < -0.39 is 11.9 Å². The van der Waals surface area contributed by atoms with Gasteiger partial charge in [0.1, 0.15) is 18.4 Å². The molecule has 184 valence electrons. The number of imide groups is 1. The molecule has 0 aliphatic carbocycles. The number of aromatic nitrogens is 1. The Balaban J connectivity index is 1.24. The number of benzene rings is 1. The molecule has 0 radical (unpaired) electrons. The van der Waals surface area contributed by atoms with Crippen molar-refractivity contribution < 1.29 is 28.4 Å². The van der Waals surface area contributed by atoms with E-state index in [1.165, 1.54) is 4.90 Å². The Bertz CT molecular complexity index is 1170. The monoisotopic (exact) mass is 480 g/mol. The predicted molar refractivity (Wildman–Crippen MR) is 123 cm³/mol. The fourth-order valence-corrected chi connectivity index (χ4v) is 4.99. The zero-order chi connectivity index (χ0) is 24.5. The largest absolute Gasteiger partial charge is 0.491 e. The van der Waals surface area contributed by atoms with Gasteiger partial charge in [-0.15, -0.1) is 0 Å². The van der Waals surface area contributed by atoms with Gasteiger partial charge >= 0.3 is 0 Å². The maximum absolute atomic E-state index is 13.0. The summed E-state index contributed by atoms with van der Waals surface area (Å²) in [5.41, 5.74) is 2.06. The van der Waals surface area contributed by atoms with E-state index in [4.69, 9.17) is 9.26 Å². The van der Waals surface area contributed by atoms with Crippen LogP contribution in [0.5, 0.6) is 5.75 Å². The third kappa shape index (κ3) is 4.52. The Kier molecular flexibility index (Phi) is 6.27. The van der Waals surface area contributed by atoms with E-state index in [1.807, 2.05) is 13.0 Å². The van der Waals surface area contributed by atoms with E-state index in [9.17, 15) is 19.2 Å². The molecule has 4 amide bonds. The number of carbonyl (C=O) groups excluding carboxylic acids is 4. The standard InChI is InChI=1S/C25H28N4O6/c1-2-16-12-21(35-27-16)25(33)28-10-4-3-5-17(28)14-34-18-6-7-19-15(11-18)13-29(24(19)32)20-8-9-22(30)26-23(20)31/h6-7,11-12,17,20H,2-5,8-10,13-14H2,1H3,(H,26,30,31)/t17-,20?/m0/s1. The van der Waals surface area contributed by atoms with E-state index in [1.54, 1.807) is 23.1 Å². The first-order valence-electron chi connectivity index (χ1n) is 12.1. The number of nitrogens with zero attached hydrogens (tertiary/aromatic N) is 3. The second-order valence-corrected chi connectivity index (χ2v) is 9.21. The highest BCUT2D eigenvalue weighted by Crippen LogP contribution is 2.30. The van der Waals surface area contributed by atoms with Crippen LogP contribution in [0.2, 0.25) is 0 Å². The smallest absolute Gasteiger partial charge is 0.292 e. The number of ether oxygens (including phenoxy) is 1. The molecule has 2 aromatic rings. The van der Waals surface area contributed by atoms with Crippen molar-refractivity contribution in [1.82, 2.24) is 20.3 Å². The lowest BCUT2D eigenvalue weighted by Crippen LogP contribution is -2.52. The maximum atomic E-state index is 13.0. The van der Waals surface area contributed by atoms with Crippen LogP contribution in [0, 0.1) is 0 Å². The second kappa shape index (κ2) is 9.52. The van der Waals surface area contributed by atoms with E-state index in [-0.39, 0.29) is 42.5 Å². The molecule has 35 heavy (non-hydrogen) atoms. The summed E-state index contributed by atoms with van der Waals surface area (Å²) in [6.07, 6.45) is 4.00. The molecule has 1 unspecified atom stereocenters. The zero-order valence-corrected chi connectivity index (χ0v) is 19.6. The number of rotatable bonds is 6. The summed E-state index contributed by atoms with van der Waals surface area (Å²) in [6, 6.07) is 6.22. The van der Waals surface area contributed by atoms with Crippen LogP contribution in [0.4, 0.5) is 0 Å². The molecular formula is C25H28N4O6. The Labute approximate surface area is 202 Å². The van der Waals surface area contributed by atoms with Gasteiger partial charge in [-0.3, -0.25) is 24.5 Å². The SMILES string of the molecule is CCc1cc(C(=O)N2CCCC[C@H]2COc2ccc3c(c2)CN(C2CCC(=O)NC2=O)C3=O)on1. The summed E-state index contributed by atoms with van der Waals surface area (Å²) in [6.45, 7) is 3.20. The van der Waals surface area contributed by atoms with Crippen LogP contribution in [0.3, 0.4) is 0 Å². The Hall–Kier alpha value is -3.69. The van der Waals surface area contributed by atoms with Gasteiger partial charge in [0, 0.05) is 31.1 Å². The van der Waals surface area contributed by atoms with E-state index >= 15 is 0 Å². The number of piperidine rings is 2. The molecule has 0 bridgehead atoms. The van der Waals surface area contributed by atoms with Gasteiger partial charge in [-0.25, -0.2) is 0 Å². The first kappa shape index (κ1) is 23.1. The van der Waals surface area contributed by atoms with Gasteiger partial charge in [0.25, 0.3) is 11.8 Å².